The predicted octanol–water partition coefficient (Wildman–Crippen LogP) is 2.51. The van der Waals surface area contributed by atoms with Crippen LogP contribution in [0, 0.1) is 0 Å². The van der Waals surface area contributed by atoms with Gasteiger partial charge in [0.05, 0.1) is 12.7 Å². The summed E-state index contributed by atoms with van der Waals surface area (Å²) >= 11 is 0. The van der Waals surface area contributed by atoms with Crippen molar-refractivity contribution in [3.8, 4) is 0 Å². The van der Waals surface area contributed by atoms with E-state index in [2.05, 4.69) is 0 Å². The number of hydrogen-bond donors (Lipinski definition) is 2. The highest BCUT2D eigenvalue weighted by Crippen LogP contribution is 2.39. The van der Waals surface area contributed by atoms with Crippen LogP contribution in [0.2, 0.25) is 0 Å². The molecule has 2 aliphatic rings. The molecule has 0 bridgehead atoms. The third-order valence-electron chi connectivity index (χ3n) is 4.64. The largest absolute Gasteiger partial charge is 0.390 e. The van der Waals surface area contributed by atoms with E-state index in [0.717, 1.165) is 31.2 Å². The molecule has 4 heteroatoms. The molecule has 1 aromatic rings. The molecule has 0 radical (unpaired) electrons. The molecular formula is C17H25NO3. The summed E-state index contributed by atoms with van der Waals surface area (Å²) in [5.74, 6) is -0.430. The number of rotatable bonds is 4. The lowest BCUT2D eigenvalue weighted by Gasteiger charge is -2.32. The molecule has 0 unspecified atom stereocenters. The second kappa shape index (κ2) is 6.44. The Kier molecular flexibility index (Phi) is 4.60. The minimum atomic E-state index is -0.582. The summed E-state index contributed by atoms with van der Waals surface area (Å²) in [4.78, 5) is 0. The summed E-state index contributed by atoms with van der Waals surface area (Å²) in [6, 6.07) is 9.71. The van der Waals surface area contributed by atoms with Crippen LogP contribution in [0.4, 0.5) is 0 Å². The van der Waals surface area contributed by atoms with Gasteiger partial charge in [0.2, 0.25) is 0 Å². The Bertz CT molecular complexity index is 445. The molecule has 1 saturated carbocycles. The minimum Gasteiger partial charge on any atom is -0.390 e. The number of nitrogens with two attached hydrogens (primary N) is 1. The van der Waals surface area contributed by atoms with Crippen molar-refractivity contribution < 1.29 is 14.6 Å². The molecule has 3 rings (SSSR count). The molecule has 3 atom stereocenters. The molecule has 3 N–H and O–H groups in total. The Morgan fingerprint density at radius 1 is 1.19 bits per heavy atom. The van der Waals surface area contributed by atoms with Crippen LogP contribution in [-0.4, -0.2) is 29.7 Å². The number of benzene rings is 1. The monoisotopic (exact) mass is 291 g/mol. The van der Waals surface area contributed by atoms with E-state index in [-0.39, 0.29) is 12.1 Å². The van der Waals surface area contributed by atoms with Gasteiger partial charge < -0.3 is 20.3 Å². The Balaban J connectivity index is 1.55. The maximum absolute atomic E-state index is 10.4. The fourth-order valence-electron chi connectivity index (χ4n) is 3.37. The van der Waals surface area contributed by atoms with Crippen molar-refractivity contribution in [2.45, 2.75) is 62.6 Å². The van der Waals surface area contributed by atoms with Crippen LogP contribution >= 0.6 is 0 Å². The number of aliphatic hydroxyl groups excluding tert-OH is 1. The number of hydrogen-bond acceptors (Lipinski definition) is 4. The van der Waals surface area contributed by atoms with Gasteiger partial charge in [0.1, 0.15) is 6.10 Å². The van der Waals surface area contributed by atoms with Crippen molar-refractivity contribution in [3.05, 3.63) is 35.9 Å². The first-order valence-corrected chi connectivity index (χ1v) is 7.99. The molecule has 116 valence electrons. The van der Waals surface area contributed by atoms with Crippen LogP contribution in [0.5, 0.6) is 0 Å². The summed E-state index contributed by atoms with van der Waals surface area (Å²) in [7, 11) is 0. The molecular weight excluding hydrogens is 266 g/mol. The number of aliphatic hydroxyl groups is 1. The van der Waals surface area contributed by atoms with Crippen molar-refractivity contribution in [2.75, 3.05) is 6.61 Å². The zero-order chi connectivity index (χ0) is 14.7. The van der Waals surface area contributed by atoms with Crippen molar-refractivity contribution >= 4 is 0 Å². The lowest BCUT2D eigenvalue weighted by molar-refractivity contribution is -0.196. The smallest absolute Gasteiger partial charge is 0.169 e. The second-order valence-corrected chi connectivity index (χ2v) is 6.26. The van der Waals surface area contributed by atoms with Gasteiger partial charge in [0, 0.05) is 18.9 Å². The third-order valence-corrected chi connectivity index (χ3v) is 4.64. The van der Waals surface area contributed by atoms with Crippen LogP contribution in [0.3, 0.4) is 0 Å². The van der Waals surface area contributed by atoms with E-state index in [9.17, 15) is 5.11 Å². The predicted molar refractivity (Wildman–Crippen MR) is 80.6 cm³/mol. The second-order valence-electron chi connectivity index (χ2n) is 6.26. The lowest BCUT2D eigenvalue weighted by atomic mass is 9.94. The van der Waals surface area contributed by atoms with Gasteiger partial charge in [0.25, 0.3) is 0 Å². The molecule has 1 aliphatic carbocycles. The Hall–Kier alpha value is -0.940. The van der Waals surface area contributed by atoms with Gasteiger partial charge in [0.15, 0.2) is 5.79 Å². The van der Waals surface area contributed by atoms with E-state index in [1.54, 1.807) is 0 Å². The first kappa shape index (κ1) is 15.0. The summed E-state index contributed by atoms with van der Waals surface area (Å²) in [6.07, 6.45) is 5.09. The maximum Gasteiger partial charge on any atom is 0.169 e. The molecule has 4 nitrogen and oxygen atoms in total. The summed E-state index contributed by atoms with van der Waals surface area (Å²) < 4.78 is 11.9. The SMILES string of the molecule is N[C@@H](C[C@H](O)[C@H]1COC2(CCCCC2)O1)c1ccccc1. The normalized spacial score (nSPS) is 27.6. The van der Waals surface area contributed by atoms with Gasteiger partial charge in [-0.2, -0.15) is 0 Å². The quantitative estimate of drug-likeness (QED) is 0.894. The molecule has 1 saturated heterocycles. The standard InChI is InChI=1S/C17H25NO3/c18-14(13-7-3-1-4-8-13)11-15(19)16-12-20-17(21-16)9-5-2-6-10-17/h1,3-4,7-8,14-16,19H,2,5-6,9-12,18H2/t14-,15-,16+/m0/s1. The Morgan fingerprint density at radius 3 is 2.62 bits per heavy atom. The summed E-state index contributed by atoms with van der Waals surface area (Å²) in [6.45, 7) is 0.475. The minimum absolute atomic E-state index is 0.173. The lowest BCUT2D eigenvalue weighted by Crippen LogP contribution is -2.37. The number of ether oxygens (including phenoxy) is 2. The van der Waals surface area contributed by atoms with Crippen LogP contribution in [0.15, 0.2) is 30.3 Å². The Morgan fingerprint density at radius 2 is 1.90 bits per heavy atom. The molecule has 1 heterocycles. The van der Waals surface area contributed by atoms with E-state index in [4.69, 9.17) is 15.2 Å². The van der Waals surface area contributed by atoms with Gasteiger partial charge in [-0.25, -0.2) is 0 Å². The van der Waals surface area contributed by atoms with E-state index in [1.165, 1.54) is 6.42 Å². The highest BCUT2D eigenvalue weighted by atomic mass is 16.7. The van der Waals surface area contributed by atoms with Gasteiger partial charge in [-0.15, -0.1) is 0 Å². The molecule has 1 spiro atoms. The highest BCUT2D eigenvalue weighted by Gasteiger charge is 2.44. The zero-order valence-electron chi connectivity index (χ0n) is 12.4. The van der Waals surface area contributed by atoms with Gasteiger partial charge in [-0.1, -0.05) is 36.8 Å². The van der Waals surface area contributed by atoms with Crippen LogP contribution in [0.25, 0.3) is 0 Å². The topological polar surface area (TPSA) is 64.7 Å². The van der Waals surface area contributed by atoms with Crippen molar-refractivity contribution in [1.82, 2.24) is 0 Å². The first-order chi connectivity index (χ1) is 10.2. The van der Waals surface area contributed by atoms with Crippen LogP contribution in [0.1, 0.15) is 50.1 Å². The first-order valence-electron chi connectivity index (χ1n) is 7.99. The average Bonchev–Trinajstić information content (AvgIpc) is 2.92. The fourth-order valence-corrected chi connectivity index (χ4v) is 3.37. The Labute approximate surface area is 126 Å². The third kappa shape index (κ3) is 3.46. The molecule has 21 heavy (non-hydrogen) atoms. The van der Waals surface area contributed by atoms with Gasteiger partial charge in [-0.3, -0.25) is 0 Å². The van der Waals surface area contributed by atoms with Crippen LogP contribution in [-0.2, 0) is 9.47 Å². The van der Waals surface area contributed by atoms with E-state index < -0.39 is 11.9 Å². The molecule has 0 amide bonds. The van der Waals surface area contributed by atoms with Crippen molar-refractivity contribution in [1.29, 1.82) is 0 Å². The molecule has 0 aromatic heterocycles. The highest BCUT2D eigenvalue weighted by molar-refractivity contribution is 5.18. The van der Waals surface area contributed by atoms with Crippen molar-refractivity contribution in [3.63, 3.8) is 0 Å². The van der Waals surface area contributed by atoms with E-state index in [0.29, 0.717) is 13.0 Å². The summed E-state index contributed by atoms with van der Waals surface area (Å²) in [5.41, 5.74) is 7.22. The molecule has 2 fully saturated rings. The zero-order valence-corrected chi connectivity index (χ0v) is 12.4. The maximum atomic E-state index is 10.4. The van der Waals surface area contributed by atoms with Gasteiger partial charge >= 0.3 is 0 Å². The average molecular weight is 291 g/mol. The van der Waals surface area contributed by atoms with Crippen molar-refractivity contribution in [2.24, 2.45) is 5.73 Å². The molecule has 1 aliphatic heterocycles. The van der Waals surface area contributed by atoms with Crippen LogP contribution < -0.4 is 5.73 Å². The fraction of sp³-hybridized carbons (Fsp3) is 0.647. The summed E-state index contributed by atoms with van der Waals surface area (Å²) in [5, 5.41) is 10.4. The molecule has 1 aromatic carbocycles. The van der Waals surface area contributed by atoms with E-state index in [1.807, 2.05) is 30.3 Å². The van der Waals surface area contributed by atoms with E-state index >= 15 is 0 Å². The van der Waals surface area contributed by atoms with Gasteiger partial charge in [-0.05, 0) is 24.8 Å².